The first-order valence-corrected chi connectivity index (χ1v) is 7.07. The second-order valence-electron chi connectivity index (χ2n) is 4.28. The van der Waals surface area contributed by atoms with Crippen LogP contribution in [-0.2, 0) is 4.79 Å². The van der Waals surface area contributed by atoms with Gasteiger partial charge in [0.1, 0.15) is 5.69 Å². The van der Waals surface area contributed by atoms with Crippen molar-refractivity contribution in [3.8, 4) is 0 Å². The van der Waals surface area contributed by atoms with Gasteiger partial charge in [-0.1, -0.05) is 12.1 Å². The molecule has 0 aliphatic carbocycles. The molecule has 1 amide bonds. The Labute approximate surface area is 125 Å². The summed E-state index contributed by atoms with van der Waals surface area (Å²) in [4.78, 5) is 27.1. The van der Waals surface area contributed by atoms with Crippen molar-refractivity contribution >= 4 is 33.8 Å². The summed E-state index contributed by atoms with van der Waals surface area (Å²) >= 11 is 1.40. The van der Waals surface area contributed by atoms with E-state index in [0.29, 0.717) is 17.4 Å². The lowest BCUT2D eigenvalue weighted by Gasteiger charge is -2.06. The highest BCUT2D eigenvalue weighted by molar-refractivity contribution is 7.15. The van der Waals surface area contributed by atoms with Crippen molar-refractivity contribution in [2.45, 2.75) is 13.3 Å². The number of benzene rings is 1. The van der Waals surface area contributed by atoms with E-state index in [-0.39, 0.29) is 18.0 Å². The minimum atomic E-state index is -0.458. The average Bonchev–Trinajstić information content (AvgIpc) is 2.84. The zero-order valence-electron chi connectivity index (χ0n) is 11.3. The Morgan fingerprint density at radius 1 is 1.43 bits per heavy atom. The van der Waals surface area contributed by atoms with Crippen molar-refractivity contribution in [2.24, 2.45) is 0 Å². The Bertz CT molecular complexity index is 656. The van der Waals surface area contributed by atoms with E-state index in [1.165, 1.54) is 17.4 Å². The summed E-state index contributed by atoms with van der Waals surface area (Å²) in [6.07, 6.45) is 1.89. The van der Waals surface area contributed by atoms with Crippen molar-refractivity contribution in [1.82, 2.24) is 4.98 Å². The molecule has 2 N–H and O–H groups in total. The number of aryl methyl sites for hydroxylation is 1. The van der Waals surface area contributed by atoms with Gasteiger partial charge in [-0.2, -0.15) is 0 Å². The molecule has 8 heteroatoms. The monoisotopic (exact) mass is 306 g/mol. The molecule has 2 aromatic rings. The molecule has 0 saturated carbocycles. The molecule has 7 nitrogen and oxygen atoms in total. The van der Waals surface area contributed by atoms with Crippen molar-refractivity contribution in [1.29, 1.82) is 0 Å². The second kappa shape index (κ2) is 6.80. The first-order valence-electron chi connectivity index (χ1n) is 6.26. The average molecular weight is 306 g/mol. The van der Waals surface area contributed by atoms with Gasteiger partial charge < -0.3 is 10.6 Å². The van der Waals surface area contributed by atoms with Gasteiger partial charge in [0.2, 0.25) is 5.91 Å². The van der Waals surface area contributed by atoms with Gasteiger partial charge in [0.05, 0.1) is 4.92 Å². The van der Waals surface area contributed by atoms with E-state index < -0.39 is 4.92 Å². The number of nitrogens with one attached hydrogen (secondary N) is 2. The molecule has 0 saturated heterocycles. The number of anilines is 2. The SMILES string of the molecule is Cc1cnc(NC(=O)CCNc2ccccc2[N+](=O)[O-])s1. The molecule has 0 unspecified atom stereocenters. The van der Waals surface area contributed by atoms with Crippen LogP contribution in [-0.4, -0.2) is 22.4 Å². The number of carbonyl (C=O) groups is 1. The number of nitro benzene ring substituents is 1. The summed E-state index contributed by atoms with van der Waals surface area (Å²) in [6, 6.07) is 6.33. The molecule has 1 aromatic heterocycles. The van der Waals surface area contributed by atoms with Crippen LogP contribution in [0.2, 0.25) is 0 Å². The number of hydrogen-bond donors (Lipinski definition) is 2. The Balaban J connectivity index is 1.84. The standard InChI is InChI=1S/C13H14N4O3S/c1-9-8-15-13(21-9)16-12(18)6-7-14-10-4-2-3-5-11(10)17(19)20/h2-5,8,14H,6-7H2,1H3,(H,15,16,18). The van der Waals surface area contributed by atoms with Crippen LogP contribution in [0.4, 0.5) is 16.5 Å². The molecule has 1 heterocycles. The van der Waals surface area contributed by atoms with Crippen LogP contribution in [0.3, 0.4) is 0 Å². The number of carbonyl (C=O) groups excluding carboxylic acids is 1. The molecular formula is C13H14N4O3S. The molecule has 0 bridgehead atoms. The Morgan fingerprint density at radius 3 is 2.86 bits per heavy atom. The third kappa shape index (κ3) is 4.25. The Kier molecular flexibility index (Phi) is 4.83. The van der Waals surface area contributed by atoms with E-state index in [1.54, 1.807) is 24.4 Å². The number of rotatable bonds is 6. The van der Waals surface area contributed by atoms with E-state index in [9.17, 15) is 14.9 Å². The molecule has 0 spiro atoms. The third-order valence-corrected chi connectivity index (χ3v) is 3.46. The van der Waals surface area contributed by atoms with E-state index in [2.05, 4.69) is 15.6 Å². The molecule has 1 aromatic carbocycles. The second-order valence-corrected chi connectivity index (χ2v) is 5.51. The minimum absolute atomic E-state index is 0.00606. The summed E-state index contributed by atoms with van der Waals surface area (Å²) in [6.45, 7) is 2.21. The summed E-state index contributed by atoms with van der Waals surface area (Å²) in [5, 5.41) is 17.0. The van der Waals surface area contributed by atoms with Gasteiger partial charge in [0.15, 0.2) is 5.13 Å². The molecule has 110 valence electrons. The molecule has 0 fully saturated rings. The summed E-state index contributed by atoms with van der Waals surface area (Å²) < 4.78 is 0. The fourth-order valence-electron chi connectivity index (χ4n) is 1.69. The number of nitro groups is 1. The maximum atomic E-state index is 11.7. The fourth-order valence-corrected chi connectivity index (χ4v) is 2.37. The number of amides is 1. The lowest BCUT2D eigenvalue weighted by Crippen LogP contribution is -2.16. The quantitative estimate of drug-likeness (QED) is 0.632. The maximum absolute atomic E-state index is 11.7. The van der Waals surface area contributed by atoms with Crippen LogP contribution in [0.5, 0.6) is 0 Å². The molecule has 2 rings (SSSR count). The largest absolute Gasteiger partial charge is 0.379 e. The van der Waals surface area contributed by atoms with Crippen LogP contribution < -0.4 is 10.6 Å². The van der Waals surface area contributed by atoms with Crippen LogP contribution in [0.1, 0.15) is 11.3 Å². The van der Waals surface area contributed by atoms with Crippen LogP contribution in [0.15, 0.2) is 30.5 Å². The smallest absolute Gasteiger partial charge is 0.292 e. The van der Waals surface area contributed by atoms with Crippen molar-refractivity contribution in [2.75, 3.05) is 17.2 Å². The highest BCUT2D eigenvalue weighted by Crippen LogP contribution is 2.23. The van der Waals surface area contributed by atoms with Gasteiger partial charge in [-0.25, -0.2) is 4.98 Å². The maximum Gasteiger partial charge on any atom is 0.292 e. The van der Waals surface area contributed by atoms with Crippen molar-refractivity contribution in [3.63, 3.8) is 0 Å². The van der Waals surface area contributed by atoms with Gasteiger partial charge in [0.25, 0.3) is 5.69 Å². The number of aromatic nitrogens is 1. The van der Waals surface area contributed by atoms with E-state index in [0.717, 1.165) is 4.88 Å². The number of thiazole rings is 1. The first-order chi connectivity index (χ1) is 10.1. The summed E-state index contributed by atoms with van der Waals surface area (Å²) in [5.41, 5.74) is 0.397. The van der Waals surface area contributed by atoms with E-state index in [4.69, 9.17) is 0 Å². The van der Waals surface area contributed by atoms with Gasteiger partial charge in [0, 0.05) is 30.1 Å². The third-order valence-electron chi connectivity index (χ3n) is 2.64. The molecule has 0 radical (unpaired) electrons. The molecule has 0 aliphatic heterocycles. The molecular weight excluding hydrogens is 292 g/mol. The predicted molar refractivity (Wildman–Crippen MR) is 81.7 cm³/mol. The Hall–Kier alpha value is -2.48. The number of nitrogens with zero attached hydrogens (tertiary/aromatic N) is 2. The minimum Gasteiger partial charge on any atom is -0.379 e. The molecule has 0 atom stereocenters. The zero-order valence-corrected chi connectivity index (χ0v) is 12.1. The normalized spacial score (nSPS) is 10.1. The van der Waals surface area contributed by atoms with Gasteiger partial charge in [-0.15, -0.1) is 11.3 Å². The van der Waals surface area contributed by atoms with Gasteiger partial charge in [-0.05, 0) is 13.0 Å². The summed E-state index contributed by atoms with van der Waals surface area (Å²) in [5.74, 6) is -0.185. The lowest BCUT2D eigenvalue weighted by atomic mass is 10.2. The van der Waals surface area contributed by atoms with E-state index >= 15 is 0 Å². The highest BCUT2D eigenvalue weighted by atomic mass is 32.1. The lowest BCUT2D eigenvalue weighted by molar-refractivity contribution is -0.384. The predicted octanol–water partition coefficient (Wildman–Crippen LogP) is 2.80. The summed E-state index contributed by atoms with van der Waals surface area (Å²) in [7, 11) is 0. The van der Waals surface area contributed by atoms with Crippen molar-refractivity contribution < 1.29 is 9.72 Å². The fraction of sp³-hybridized carbons (Fsp3) is 0.231. The Morgan fingerprint density at radius 2 is 2.19 bits per heavy atom. The molecule has 21 heavy (non-hydrogen) atoms. The van der Waals surface area contributed by atoms with Crippen LogP contribution >= 0.6 is 11.3 Å². The topological polar surface area (TPSA) is 97.2 Å². The van der Waals surface area contributed by atoms with Crippen LogP contribution in [0.25, 0.3) is 0 Å². The van der Waals surface area contributed by atoms with Crippen LogP contribution in [0, 0.1) is 17.0 Å². The highest BCUT2D eigenvalue weighted by Gasteiger charge is 2.12. The zero-order chi connectivity index (χ0) is 15.2. The van der Waals surface area contributed by atoms with Gasteiger partial charge >= 0.3 is 0 Å². The molecule has 0 aliphatic rings. The number of para-hydroxylation sites is 2. The van der Waals surface area contributed by atoms with Gasteiger partial charge in [-0.3, -0.25) is 14.9 Å². The first kappa shape index (κ1) is 14.9. The van der Waals surface area contributed by atoms with E-state index in [1.807, 2.05) is 6.92 Å². The number of hydrogen-bond acceptors (Lipinski definition) is 6. The van der Waals surface area contributed by atoms with Crippen molar-refractivity contribution in [3.05, 3.63) is 45.5 Å².